The first kappa shape index (κ1) is 13.5. The third-order valence-corrected chi connectivity index (χ3v) is 4.62. The molecule has 96 valence electrons. The van der Waals surface area contributed by atoms with Gasteiger partial charge >= 0.3 is 0 Å². The summed E-state index contributed by atoms with van der Waals surface area (Å²) in [7, 11) is 0. The molecule has 7 heteroatoms. The van der Waals surface area contributed by atoms with Gasteiger partial charge in [-0.2, -0.15) is 0 Å². The molecule has 0 aliphatic carbocycles. The highest BCUT2D eigenvalue weighted by Crippen LogP contribution is 2.23. The first-order valence-corrected chi connectivity index (χ1v) is 7.75. The van der Waals surface area contributed by atoms with E-state index < -0.39 is 0 Å². The van der Waals surface area contributed by atoms with Crippen LogP contribution in [0.3, 0.4) is 0 Å². The van der Waals surface area contributed by atoms with Crippen molar-refractivity contribution in [2.24, 2.45) is 5.73 Å². The number of rotatable bonds is 5. The quantitative estimate of drug-likeness (QED) is 0.503. The molecular weight excluding hydrogens is 286 g/mol. The zero-order valence-electron chi connectivity index (χ0n) is 9.86. The molecule has 3 N–H and O–H groups in total. The van der Waals surface area contributed by atoms with Crippen LogP contribution in [-0.4, -0.2) is 20.7 Å². The average Bonchev–Trinajstić information content (AvgIpc) is 2.72. The van der Waals surface area contributed by atoms with Crippen molar-refractivity contribution in [1.82, 2.24) is 9.97 Å². The SMILES string of the molecule is CCc1cc2c(=O)[nH]c(SCCC(N)=S)nc2s1. The predicted molar refractivity (Wildman–Crippen MR) is 81.7 cm³/mol. The van der Waals surface area contributed by atoms with Gasteiger partial charge in [0, 0.05) is 17.1 Å². The Balaban J connectivity index is 2.25. The molecule has 18 heavy (non-hydrogen) atoms. The van der Waals surface area contributed by atoms with Crippen molar-refractivity contribution in [2.45, 2.75) is 24.9 Å². The lowest BCUT2D eigenvalue weighted by Gasteiger charge is -1.99. The molecule has 0 amide bonds. The summed E-state index contributed by atoms with van der Waals surface area (Å²) in [5.74, 6) is 0.732. The fourth-order valence-electron chi connectivity index (χ4n) is 1.45. The Labute approximate surface area is 118 Å². The summed E-state index contributed by atoms with van der Waals surface area (Å²) in [6.07, 6.45) is 1.57. The second-order valence-corrected chi connectivity index (χ2v) is 6.44. The molecule has 2 aromatic rings. The molecule has 0 aliphatic rings. The van der Waals surface area contributed by atoms with Crippen molar-refractivity contribution in [2.75, 3.05) is 5.75 Å². The number of aromatic nitrogens is 2. The van der Waals surface area contributed by atoms with Crippen LogP contribution in [0.2, 0.25) is 0 Å². The first-order chi connectivity index (χ1) is 8.60. The van der Waals surface area contributed by atoms with Gasteiger partial charge in [0.2, 0.25) is 0 Å². The van der Waals surface area contributed by atoms with E-state index in [1.165, 1.54) is 16.6 Å². The summed E-state index contributed by atoms with van der Waals surface area (Å²) < 4.78 is 0. The van der Waals surface area contributed by atoms with Crippen LogP contribution in [0.25, 0.3) is 10.2 Å². The maximum Gasteiger partial charge on any atom is 0.260 e. The van der Waals surface area contributed by atoms with Crippen LogP contribution >= 0.6 is 35.3 Å². The smallest absolute Gasteiger partial charge is 0.260 e. The van der Waals surface area contributed by atoms with E-state index in [-0.39, 0.29) is 5.56 Å². The van der Waals surface area contributed by atoms with E-state index in [0.717, 1.165) is 17.0 Å². The number of aryl methyl sites for hydroxylation is 1. The third-order valence-electron chi connectivity index (χ3n) is 2.37. The number of nitrogens with one attached hydrogen (secondary N) is 1. The summed E-state index contributed by atoms with van der Waals surface area (Å²) in [6, 6.07) is 1.91. The van der Waals surface area contributed by atoms with Crippen molar-refractivity contribution in [3.05, 3.63) is 21.3 Å². The number of thioether (sulfide) groups is 1. The predicted octanol–water partition coefficient (Wildman–Crippen LogP) is 2.32. The molecule has 0 saturated heterocycles. The summed E-state index contributed by atoms with van der Waals surface area (Å²) in [6.45, 7) is 2.07. The Hall–Kier alpha value is -0.920. The van der Waals surface area contributed by atoms with Crippen molar-refractivity contribution in [3.8, 4) is 0 Å². The minimum atomic E-state index is -0.0752. The number of hydrogen-bond acceptors (Lipinski definition) is 5. The Bertz CT molecular complexity index is 632. The molecule has 0 saturated carbocycles. The summed E-state index contributed by atoms with van der Waals surface area (Å²) in [4.78, 5) is 21.6. The Morgan fingerprint density at radius 3 is 3.11 bits per heavy atom. The van der Waals surface area contributed by atoms with Crippen LogP contribution in [0, 0.1) is 0 Å². The number of thiocarbonyl (C=S) groups is 1. The molecule has 0 unspecified atom stereocenters. The largest absolute Gasteiger partial charge is 0.393 e. The molecule has 0 spiro atoms. The van der Waals surface area contributed by atoms with E-state index in [1.54, 1.807) is 11.3 Å². The number of nitrogens with zero attached hydrogens (tertiary/aromatic N) is 1. The van der Waals surface area contributed by atoms with Crippen LogP contribution in [0.4, 0.5) is 0 Å². The van der Waals surface area contributed by atoms with Gasteiger partial charge in [0.25, 0.3) is 5.56 Å². The molecule has 2 rings (SSSR count). The molecule has 0 aliphatic heterocycles. The highest BCUT2D eigenvalue weighted by atomic mass is 32.2. The highest BCUT2D eigenvalue weighted by molar-refractivity contribution is 7.99. The van der Waals surface area contributed by atoms with Gasteiger partial charge in [-0.25, -0.2) is 4.98 Å². The molecule has 0 fully saturated rings. The van der Waals surface area contributed by atoms with Gasteiger partial charge in [0.05, 0.1) is 10.4 Å². The number of aromatic amines is 1. The Morgan fingerprint density at radius 2 is 2.44 bits per heavy atom. The van der Waals surface area contributed by atoms with Crippen LogP contribution in [-0.2, 0) is 6.42 Å². The fourth-order valence-corrected chi connectivity index (χ4v) is 3.55. The Morgan fingerprint density at radius 1 is 1.67 bits per heavy atom. The van der Waals surface area contributed by atoms with Gasteiger partial charge in [0.1, 0.15) is 4.83 Å². The van der Waals surface area contributed by atoms with Gasteiger partial charge in [0.15, 0.2) is 5.16 Å². The van der Waals surface area contributed by atoms with Crippen molar-refractivity contribution in [1.29, 1.82) is 0 Å². The molecule has 0 bridgehead atoms. The highest BCUT2D eigenvalue weighted by Gasteiger charge is 2.08. The van der Waals surface area contributed by atoms with Crippen LogP contribution in [0.15, 0.2) is 16.0 Å². The molecular formula is C11H13N3OS3. The van der Waals surface area contributed by atoms with Crippen molar-refractivity contribution >= 4 is 50.5 Å². The van der Waals surface area contributed by atoms with E-state index in [4.69, 9.17) is 18.0 Å². The van der Waals surface area contributed by atoms with Crippen LogP contribution in [0.5, 0.6) is 0 Å². The van der Waals surface area contributed by atoms with E-state index in [2.05, 4.69) is 16.9 Å². The van der Waals surface area contributed by atoms with Gasteiger partial charge in [-0.05, 0) is 12.5 Å². The monoisotopic (exact) mass is 299 g/mol. The Kier molecular flexibility index (Phi) is 4.36. The zero-order chi connectivity index (χ0) is 13.1. The normalized spacial score (nSPS) is 10.9. The molecule has 2 heterocycles. The second kappa shape index (κ2) is 5.81. The third kappa shape index (κ3) is 3.09. The minimum absolute atomic E-state index is 0.0752. The summed E-state index contributed by atoms with van der Waals surface area (Å²) >= 11 is 7.84. The van der Waals surface area contributed by atoms with Gasteiger partial charge < -0.3 is 10.7 Å². The van der Waals surface area contributed by atoms with E-state index in [1.807, 2.05) is 6.07 Å². The van der Waals surface area contributed by atoms with Crippen molar-refractivity contribution < 1.29 is 0 Å². The van der Waals surface area contributed by atoms with Crippen molar-refractivity contribution in [3.63, 3.8) is 0 Å². The lowest BCUT2D eigenvalue weighted by molar-refractivity contribution is 0.979. The standard InChI is InChI=1S/C11H13N3OS3/c1-2-6-5-7-9(15)13-11(14-10(7)18-6)17-4-3-8(12)16/h5H,2-4H2,1H3,(H2,12,16)(H,13,14,15). The molecule has 0 radical (unpaired) electrons. The van der Waals surface area contributed by atoms with Crippen LogP contribution in [0.1, 0.15) is 18.2 Å². The van der Waals surface area contributed by atoms with Crippen LogP contribution < -0.4 is 11.3 Å². The fraction of sp³-hybridized carbons (Fsp3) is 0.364. The molecule has 0 atom stereocenters. The maximum absolute atomic E-state index is 11.9. The van der Waals surface area contributed by atoms with Gasteiger partial charge in [-0.15, -0.1) is 11.3 Å². The second-order valence-electron chi connectivity index (χ2n) is 3.72. The van der Waals surface area contributed by atoms with Gasteiger partial charge in [-0.3, -0.25) is 4.79 Å². The summed E-state index contributed by atoms with van der Waals surface area (Å²) in [5.41, 5.74) is 5.35. The first-order valence-electron chi connectivity index (χ1n) is 5.54. The minimum Gasteiger partial charge on any atom is -0.393 e. The molecule has 2 aromatic heterocycles. The van der Waals surface area contributed by atoms with E-state index >= 15 is 0 Å². The lowest BCUT2D eigenvalue weighted by Crippen LogP contribution is -2.10. The summed E-state index contributed by atoms with van der Waals surface area (Å²) in [5, 5.41) is 1.31. The number of fused-ring (bicyclic) bond motifs is 1. The zero-order valence-corrected chi connectivity index (χ0v) is 12.3. The van der Waals surface area contributed by atoms with E-state index in [0.29, 0.717) is 22.0 Å². The van der Waals surface area contributed by atoms with Gasteiger partial charge in [-0.1, -0.05) is 30.9 Å². The number of thiophene rings is 1. The average molecular weight is 299 g/mol. The number of nitrogens with two attached hydrogens (primary N) is 1. The van der Waals surface area contributed by atoms with E-state index in [9.17, 15) is 4.79 Å². The maximum atomic E-state index is 11.9. The molecule has 4 nitrogen and oxygen atoms in total. The number of H-pyrrole nitrogens is 1. The lowest BCUT2D eigenvalue weighted by atomic mass is 10.3. The topological polar surface area (TPSA) is 71.8 Å². The molecule has 0 aromatic carbocycles. The number of hydrogen-bond donors (Lipinski definition) is 2.